The van der Waals surface area contributed by atoms with Gasteiger partial charge in [-0.3, -0.25) is 4.79 Å². The second-order valence-corrected chi connectivity index (χ2v) is 5.47. The van der Waals surface area contributed by atoms with E-state index in [0.29, 0.717) is 12.5 Å². The third-order valence-electron chi connectivity index (χ3n) is 2.71. The zero-order valence-corrected chi connectivity index (χ0v) is 12.3. The van der Waals surface area contributed by atoms with Gasteiger partial charge in [-0.15, -0.1) is 0 Å². The Morgan fingerprint density at radius 3 is 2.37 bits per heavy atom. The standard InChI is InChI=1S/C17H23NO.H2/c1-13(2)12-16-9-7-15(8-10-16)6-5-11-18-17(19)14(3)4;/h7-10,13-14H,11-12H2,1-4H3,(H,18,19);1H. The molecular weight excluding hydrogens is 234 g/mol. The van der Waals surface area contributed by atoms with Gasteiger partial charge in [0.25, 0.3) is 0 Å². The first kappa shape index (κ1) is 15.3. The molecule has 0 unspecified atom stereocenters. The number of hydrogen-bond acceptors (Lipinski definition) is 1. The fourth-order valence-corrected chi connectivity index (χ4v) is 1.68. The van der Waals surface area contributed by atoms with Gasteiger partial charge in [-0.1, -0.05) is 51.7 Å². The molecule has 1 aromatic rings. The van der Waals surface area contributed by atoms with E-state index in [-0.39, 0.29) is 13.3 Å². The minimum atomic E-state index is 0. The lowest BCUT2D eigenvalue weighted by Crippen LogP contribution is -2.27. The van der Waals surface area contributed by atoms with Gasteiger partial charge in [0, 0.05) is 12.9 Å². The molecule has 0 aliphatic carbocycles. The van der Waals surface area contributed by atoms with Gasteiger partial charge in [0.15, 0.2) is 0 Å². The van der Waals surface area contributed by atoms with Crippen LogP contribution in [0.5, 0.6) is 0 Å². The summed E-state index contributed by atoms with van der Waals surface area (Å²) in [4.78, 5) is 11.3. The first-order valence-corrected chi connectivity index (χ1v) is 6.84. The van der Waals surface area contributed by atoms with Crippen molar-refractivity contribution in [3.05, 3.63) is 35.4 Å². The van der Waals surface area contributed by atoms with Crippen molar-refractivity contribution in [3.63, 3.8) is 0 Å². The summed E-state index contributed by atoms with van der Waals surface area (Å²) in [5, 5.41) is 2.78. The molecule has 19 heavy (non-hydrogen) atoms. The summed E-state index contributed by atoms with van der Waals surface area (Å²) in [6.07, 6.45) is 1.10. The van der Waals surface area contributed by atoms with Gasteiger partial charge in [-0.05, 0) is 30.0 Å². The summed E-state index contributed by atoms with van der Waals surface area (Å²) >= 11 is 0. The Balaban J connectivity index is 0.00000361. The summed E-state index contributed by atoms with van der Waals surface area (Å²) in [6.45, 7) is 8.58. The van der Waals surface area contributed by atoms with Crippen LogP contribution in [-0.2, 0) is 11.2 Å². The molecule has 2 nitrogen and oxygen atoms in total. The lowest BCUT2D eigenvalue weighted by molar-refractivity contribution is -0.123. The van der Waals surface area contributed by atoms with Gasteiger partial charge < -0.3 is 5.32 Å². The van der Waals surface area contributed by atoms with E-state index in [1.54, 1.807) is 0 Å². The van der Waals surface area contributed by atoms with Crippen LogP contribution in [0.25, 0.3) is 0 Å². The highest BCUT2D eigenvalue weighted by molar-refractivity contribution is 5.78. The third-order valence-corrected chi connectivity index (χ3v) is 2.71. The van der Waals surface area contributed by atoms with Crippen molar-refractivity contribution in [3.8, 4) is 11.8 Å². The summed E-state index contributed by atoms with van der Waals surface area (Å²) in [5.74, 6) is 6.74. The molecule has 0 radical (unpaired) electrons. The highest BCUT2D eigenvalue weighted by Gasteiger charge is 2.03. The Morgan fingerprint density at radius 1 is 1.21 bits per heavy atom. The van der Waals surface area contributed by atoms with E-state index in [2.05, 4.69) is 43.1 Å². The topological polar surface area (TPSA) is 29.1 Å². The van der Waals surface area contributed by atoms with Gasteiger partial charge >= 0.3 is 0 Å². The summed E-state index contributed by atoms with van der Waals surface area (Å²) in [6, 6.07) is 8.32. The molecule has 0 heterocycles. The van der Waals surface area contributed by atoms with Crippen molar-refractivity contribution in [2.45, 2.75) is 34.1 Å². The van der Waals surface area contributed by atoms with Gasteiger partial charge in [0.05, 0.1) is 6.54 Å². The normalized spacial score (nSPS) is 10.2. The summed E-state index contributed by atoms with van der Waals surface area (Å²) < 4.78 is 0. The van der Waals surface area contributed by atoms with E-state index in [4.69, 9.17) is 0 Å². The zero-order chi connectivity index (χ0) is 14.3. The van der Waals surface area contributed by atoms with E-state index in [1.807, 2.05) is 26.0 Å². The van der Waals surface area contributed by atoms with Crippen LogP contribution in [0.4, 0.5) is 0 Å². The molecule has 2 heteroatoms. The minimum Gasteiger partial charge on any atom is -0.345 e. The smallest absolute Gasteiger partial charge is 0.223 e. The molecule has 0 saturated heterocycles. The maximum atomic E-state index is 11.3. The molecule has 0 bridgehead atoms. The zero-order valence-electron chi connectivity index (χ0n) is 12.3. The van der Waals surface area contributed by atoms with Crippen molar-refractivity contribution in [1.29, 1.82) is 0 Å². The lowest BCUT2D eigenvalue weighted by Gasteiger charge is -2.04. The third kappa shape index (κ3) is 6.10. The maximum absolute atomic E-state index is 11.3. The van der Waals surface area contributed by atoms with Gasteiger partial charge in [-0.25, -0.2) is 0 Å². The molecule has 104 valence electrons. The number of hydrogen-bond donors (Lipinski definition) is 1. The maximum Gasteiger partial charge on any atom is 0.223 e. The second-order valence-electron chi connectivity index (χ2n) is 5.47. The minimum absolute atomic E-state index is 0. The van der Waals surface area contributed by atoms with Crippen LogP contribution in [0.2, 0.25) is 0 Å². The van der Waals surface area contributed by atoms with Crippen molar-refractivity contribution in [1.82, 2.24) is 5.32 Å². The van der Waals surface area contributed by atoms with Crippen molar-refractivity contribution < 1.29 is 6.22 Å². The van der Waals surface area contributed by atoms with E-state index in [1.165, 1.54) is 5.56 Å². The quantitative estimate of drug-likeness (QED) is 0.826. The molecule has 0 aliphatic rings. The monoisotopic (exact) mass is 259 g/mol. The first-order chi connectivity index (χ1) is 8.99. The Labute approximate surface area is 118 Å². The Kier molecular flexibility index (Phi) is 6.15. The number of carbonyl (C=O) groups is 1. The summed E-state index contributed by atoms with van der Waals surface area (Å²) in [7, 11) is 0. The van der Waals surface area contributed by atoms with Gasteiger partial charge in [0.1, 0.15) is 0 Å². The van der Waals surface area contributed by atoms with Gasteiger partial charge in [0.2, 0.25) is 5.91 Å². The molecule has 1 amide bonds. The Bertz CT molecular complexity index is 466. The predicted octanol–water partition coefficient (Wildman–Crippen LogP) is 3.25. The molecule has 0 atom stereocenters. The van der Waals surface area contributed by atoms with Crippen LogP contribution in [-0.4, -0.2) is 12.5 Å². The van der Waals surface area contributed by atoms with Crippen molar-refractivity contribution in [2.24, 2.45) is 11.8 Å². The van der Waals surface area contributed by atoms with E-state index in [0.717, 1.165) is 12.0 Å². The number of nitrogens with one attached hydrogen (secondary N) is 1. The highest BCUT2D eigenvalue weighted by Crippen LogP contribution is 2.08. The van der Waals surface area contributed by atoms with Crippen LogP contribution in [0.15, 0.2) is 24.3 Å². The van der Waals surface area contributed by atoms with Crippen LogP contribution in [0, 0.1) is 23.7 Å². The number of benzene rings is 1. The molecule has 1 N–H and O–H groups in total. The highest BCUT2D eigenvalue weighted by atomic mass is 16.1. The van der Waals surface area contributed by atoms with E-state index >= 15 is 0 Å². The predicted molar refractivity (Wildman–Crippen MR) is 81.8 cm³/mol. The largest absolute Gasteiger partial charge is 0.345 e. The first-order valence-electron chi connectivity index (χ1n) is 6.84. The molecule has 1 aromatic carbocycles. The summed E-state index contributed by atoms with van der Waals surface area (Å²) in [5.41, 5.74) is 2.33. The number of carbonyl (C=O) groups excluding carboxylic acids is 1. The molecule has 0 fully saturated rings. The van der Waals surface area contributed by atoms with Crippen LogP contribution < -0.4 is 5.32 Å². The molecule has 0 spiro atoms. The van der Waals surface area contributed by atoms with Crippen LogP contribution in [0.1, 0.15) is 40.2 Å². The molecular formula is C17H25NO. The molecule has 1 rings (SSSR count). The molecule has 0 aliphatic heterocycles. The lowest BCUT2D eigenvalue weighted by atomic mass is 10.0. The van der Waals surface area contributed by atoms with Gasteiger partial charge in [-0.2, -0.15) is 0 Å². The fourth-order valence-electron chi connectivity index (χ4n) is 1.68. The number of amides is 1. The molecule has 0 saturated carbocycles. The van der Waals surface area contributed by atoms with Crippen LogP contribution >= 0.6 is 0 Å². The Hall–Kier alpha value is -1.75. The fraction of sp³-hybridized carbons (Fsp3) is 0.471. The van der Waals surface area contributed by atoms with Crippen LogP contribution in [0.3, 0.4) is 0 Å². The SMILES string of the molecule is CC(C)Cc1ccc(C#CCNC(=O)C(C)C)cc1.[HH]. The van der Waals surface area contributed by atoms with Crippen molar-refractivity contribution >= 4 is 5.91 Å². The molecule has 0 aromatic heterocycles. The Morgan fingerprint density at radius 2 is 1.84 bits per heavy atom. The van der Waals surface area contributed by atoms with E-state index < -0.39 is 0 Å². The van der Waals surface area contributed by atoms with E-state index in [9.17, 15) is 4.79 Å². The van der Waals surface area contributed by atoms with Crippen molar-refractivity contribution in [2.75, 3.05) is 6.54 Å². The second kappa shape index (κ2) is 7.63. The average Bonchev–Trinajstić information content (AvgIpc) is 2.35. The average molecular weight is 259 g/mol. The number of rotatable bonds is 4.